The van der Waals surface area contributed by atoms with E-state index in [4.69, 9.17) is 14.5 Å². The van der Waals surface area contributed by atoms with Crippen LogP contribution in [0.1, 0.15) is 56.1 Å². The fraction of sp³-hybridized carbons (Fsp3) is 0.250. The van der Waals surface area contributed by atoms with Gasteiger partial charge in [0, 0.05) is 17.0 Å². The Balaban J connectivity index is 1.93. The van der Waals surface area contributed by atoms with Crippen molar-refractivity contribution in [2.24, 2.45) is 0 Å². The number of hydrogen-bond donors (Lipinski definition) is 0. The molecule has 0 radical (unpaired) electrons. The van der Waals surface area contributed by atoms with Crippen molar-refractivity contribution < 1.29 is 18.7 Å². The van der Waals surface area contributed by atoms with Gasteiger partial charge in [-0.2, -0.15) is 0 Å². The van der Waals surface area contributed by atoms with Crippen molar-refractivity contribution in [2.45, 2.75) is 47.1 Å². The Morgan fingerprint density at radius 2 is 1.78 bits per heavy atom. The number of hydrogen-bond acceptors (Lipinski definition) is 4. The Kier molecular flexibility index (Phi) is 8.02. The summed E-state index contributed by atoms with van der Waals surface area (Å²) in [6.07, 6.45) is 1.48. The van der Waals surface area contributed by atoms with Crippen molar-refractivity contribution in [3.05, 3.63) is 101 Å². The number of ether oxygens (including phenoxy) is 2. The van der Waals surface area contributed by atoms with Crippen molar-refractivity contribution >= 4 is 22.3 Å². The van der Waals surface area contributed by atoms with E-state index in [0.29, 0.717) is 35.8 Å². The Morgan fingerprint density at radius 3 is 2.46 bits per heavy atom. The van der Waals surface area contributed by atoms with E-state index in [0.717, 1.165) is 33.2 Å². The van der Waals surface area contributed by atoms with Crippen LogP contribution in [0.4, 0.5) is 4.39 Å². The summed E-state index contributed by atoms with van der Waals surface area (Å²) in [5.74, 6) is 0.138. The van der Waals surface area contributed by atoms with E-state index in [9.17, 15) is 9.18 Å². The summed E-state index contributed by atoms with van der Waals surface area (Å²) in [6.45, 7) is 10.3. The second-order valence-corrected chi connectivity index (χ2v) is 9.40. The molecule has 0 spiro atoms. The highest BCUT2D eigenvalue weighted by Gasteiger charge is 2.20. The summed E-state index contributed by atoms with van der Waals surface area (Å²) in [7, 11) is 0. The molecule has 0 saturated carbocycles. The summed E-state index contributed by atoms with van der Waals surface area (Å²) in [5.41, 5.74) is 5.77. The van der Waals surface area contributed by atoms with Crippen LogP contribution in [0.2, 0.25) is 0 Å². The number of halogens is 1. The minimum Gasteiger partial charge on any atom is -0.489 e. The number of aryl methyl sites for hydroxylation is 1. The lowest BCUT2D eigenvalue weighted by molar-refractivity contribution is -0.137. The minimum atomic E-state index is -0.407. The van der Waals surface area contributed by atoms with E-state index in [1.54, 1.807) is 19.9 Å². The van der Waals surface area contributed by atoms with Gasteiger partial charge in [0.2, 0.25) is 0 Å². The SMILES string of the molecule is CCOC(=O)/C=C(\C)c1nc(C(C)C)c(-c2ccc(F)c(C)c2)c2ccc(OCc3ccccc3)cc12. The maximum absolute atomic E-state index is 14.1. The Labute approximate surface area is 217 Å². The smallest absolute Gasteiger partial charge is 0.331 e. The number of aromatic nitrogens is 1. The monoisotopic (exact) mass is 497 g/mol. The zero-order valence-corrected chi connectivity index (χ0v) is 22.0. The van der Waals surface area contributed by atoms with E-state index < -0.39 is 5.97 Å². The largest absolute Gasteiger partial charge is 0.489 e. The molecule has 1 aromatic heterocycles. The van der Waals surface area contributed by atoms with Crippen molar-refractivity contribution in [2.75, 3.05) is 6.61 Å². The van der Waals surface area contributed by atoms with Gasteiger partial charge < -0.3 is 9.47 Å². The molecular formula is C32H32FNO3. The lowest BCUT2D eigenvalue weighted by Gasteiger charge is -2.20. The van der Waals surface area contributed by atoms with E-state index in [2.05, 4.69) is 13.8 Å². The third-order valence-electron chi connectivity index (χ3n) is 6.24. The van der Waals surface area contributed by atoms with Crippen LogP contribution in [0.5, 0.6) is 5.75 Å². The molecule has 3 aromatic carbocycles. The van der Waals surface area contributed by atoms with Gasteiger partial charge in [0.15, 0.2) is 0 Å². The maximum Gasteiger partial charge on any atom is 0.331 e. The van der Waals surface area contributed by atoms with Crippen LogP contribution in [0.15, 0.2) is 72.8 Å². The summed E-state index contributed by atoms with van der Waals surface area (Å²) in [6, 6.07) is 21.1. The first kappa shape index (κ1) is 26.1. The summed E-state index contributed by atoms with van der Waals surface area (Å²) in [4.78, 5) is 17.4. The zero-order chi connectivity index (χ0) is 26.5. The third kappa shape index (κ3) is 5.88. The number of pyridine rings is 1. The average Bonchev–Trinajstić information content (AvgIpc) is 2.88. The molecule has 1 heterocycles. The number of rotatable bonds is 8. The maximum atomic E-state index is 14.1. The van der Waals surface area contributed by atoms with Gasteiger partial charge in [-0.3, -0.25) is 4.98 Å². The fourth-order valence-corrected chi connectivity index (χ4v) is 4.39. The highest BCUT2D eigenvalue weighted by Crippen LogP contribution is 2.39. The Hall–Kier alpha value is -3.99. The van der Waals surface area contributed by atoms with E-state index in [1.807, 2.05) is 61.5 Å². The first-order chi connectivity index (χ1) is 17.8. The normalized spacial score (nSPS) is 11.7. The van der Waals surface area contributed by atoms with Crippen LogP contribution in [0.3, 0.4) is 0 Å². The van der Waals surface area contributed by atoms with Gasteiger partial charge in [-0.15, -0.1) is 0 Å². The van der Waals surface area contributed by atoms with Crippen molar-refractivity contribution in [3.8, 4) is 16.9 Å². The van der Waals surface area contributed by atoms with Gasteiger partial charge in [-0.25, -0.2) is 9.18 Å². The van der Waals surface area contributed by atoms with Crippen molar-refractivity contribution in [1.29, 1.82) is 0 Å². The fourth-order valence-electron chi connectivity index (χ4n) is 4.39. The third-order valence-corrected chi connectivity index (χ3v) is 6.24. The lowest BCUT2D eigenvalue weighted by atomic mass is 9.90. The molecule has 0 N–H and O–H groups in total. The van der Waals surface area contributed by atoms with E-state index in [-0.39, 0.29) is 11.7 Å². The number of carbonyl (C=O) groups excluding carboxylic acids is 1. The number of benzene rings is 3. The lowest BCUT2D eigenvalue weighted by Crippen LogP contribution is -2.05. The summed E-state index contributed by atoms with van der Waals surface area (Å²) >= 11 is 0. The molecule has 5 heteroatoms. The zero-order valence-electron chi connectivity index (χ0n) is 22.0. The molecule has 0 aliphatic carbocycles. The van der Waals surface area contributed by atoms with Crippen LogP contribution in [0, 0.1) is 12.7 Å². The van der Waals surface area contributed by atoms with Crippen molar-refractivity contribution in [3.63, 3.8) is 0 Å². The molecule has 0 unspecified atom stereocenters. The van der Waals surface area contributed by atoms with E-state index in [1.165, 1.54) is 12.1 Å². The quantitative estimate of drug-likeness (QED) is 0.183. The van der Waals surface area contributed by atoms with Crippen molar-refractivity contribution in [1.82, 2.24) is 4.98 Å². The number of carbonyl (C=O) groups is 1. The number of esters is 1. The van der Waals surface area contributed by atoms with Crippen LogP contribution in [0.25, 0.3) is 27.5 Å². The van der Waals surface area contributed by atoms with Gasteiger partial charge in [0.05, 0.1) is 18.0 Å². The van der Waals surface area contributed by atoms with Crippen LogP contribution in [-0.4, -0.2) is 17.6 Å². The van der Waals surface area contributed by atoms with Gasteiger partial charge in [0.25, 0.3) is 0 Å². The van der Waals surface area contributed by atoms with Gasteiger partial charge in [-0.1, -0.05) is 50.2 Å². The Bertz CT molecular complexity index is 1460. The molecule has 4 nitrogen and oxygen atoms in total. The summed E-state index contributed by atoms with van der Waals surface area (Å²) in [5, 5.41) is 1.81. The predicted molar refractivity (Wildman–Crippen MR) is 147 cm³/mol. The molecular weight excluding hydrogens is 465 g/mol. The summed E-state index contributed by atoms with van der Waals surface area (Å²) < 4.78 is 25.4. The van der Waals surface area contributed by atoms with Gasteiger partial charge >= 0.3 is 5.97 Å². The average molecular weight is 498 g/mol. The molecule has 0 bridgehead atoms. The molecule has 0 amide bonds. The molecule has 0 aliphatic rings. The van der Waals surface area contributed by atoms with Crippen LogP contribution >= 0.6 is 0 Å². The molecule has 0 saturated heterocycles. The Morgan fingerprint density at radius 1 is 1.03 bits per heavy atom. The molecule has 4 rings (SSSR count). The standard InChI is InChI=1S/C32H32FNO3/c1-6-36-29(35)17-22(5)32-27-18-25(37-19-23-10-8-7-9-11-23)13-14-26(27)30(31(34-32)20(2)3)24-12-15-28(33)21(4)16-24/h7-18,20H,6,19H2,1-5H3/b22-17+. The predicted octanol–water partition coefficient (Wildman–Crippen LogP) is 8.02. The minimum absolute atomic E-state index is 0.0907. The number of nitrogens with zero attached hydrogens (tertiary/aromatic N) is 1. The molecule has 4 aromatic rings. The topological polar surface area (TPSA) is 48.4 Å². The molecule has 0 atom stereocenters. The highest BCUT2D eigenvalue weighted by molar-refractivity contribution is 6.04. The number of fused-ring (bicyclic) bond motifs is 1. The van der Waals surface area contributed by atoms with E-state index >= 15 is 0 Å². The second kappa shape index (κ2) is 11.4. The number of allylic oxidation sites excluding steroid dienone is 1. The van der Waals surface area contributed by atoms with Crippen LogP contribution in [-0.2, 0) is 16.1 Å². The molecule has 0 fully saturated rings. The van der Waals surface area contributed by atoms with Gasteiger partial charge in [0.1, 0.15) is 18.2 Å². The molecule has 37 heavy (non-hydrogen) atoms. The second-order valence-electron chi connectivity index (χ2n) is 9.40. The molecule has 190 valence electrons. The first-order valence-corrected chi connectivity index (χ1v) is 12.5. The van der Waals surface area contributed by atoms with Crippen LogP contribution < -0.4 is 4.74 Å². The van der Waals surface area contributed by atoms with Gasteiger partial charge in [-0.05, 0) is 84.7 Å². The highest BCUT2D eigenvalue weighted by atomic mass is 19.1. The first-order valence-electron chi connectivity index (χ1n) is 12.5. The molecule has 0 aliphatic heterocycles.